The fourth-order valence-electron chi connectivity index (χ4n) is 2.24. The molecule has 0 N–H and O–H groups in total. The van der Waals surface area contributed by atoms with Crippen LogP contribution < -0.4 is 0 Å². The Hall–Kier alpha value is -3.40. The van der Waals surface area contributed by atoms with Crippen molar-refractivity contribution in [1.82, 2.24) is 4.98 Å². The molecule has 0 aliphatic heterocycles. The highest BCUT2D eigenvalue weighted by Gasteiger charge is 2.11. The Labute approximate surface area is 145 Å². The van der Waals surface area contributed by atoms with Crippen LogP contribution in [-0.4, -0.2) is 11.3 Å². The van der Waals surface area contributed by atoms with Crippen LogP contribution >= 0.6 is 0 Å². The first-order valence-corrected chi connectivity index (χ1v) is 7.84. The number of hydrogen-bond donors (Lipinski definition) is 0. The summed E-state index contributed by atoms with van der Waals surface area (Å²) in [5.74, 6) is 1.83. The van der Waals surface area contributed by atoms with Crippen molar-refractivity contribution in [2.24, 2.45) is 0 Å². The second-order valence-corrected chi connectivity index (χ2v) is 5.32. The number of benzene rings is 1. The van der Waals surface area contributed by atoms with Gasteiger partial charge in [0.05, 0.1) is 6.26 Å². The molecule has 0 saturated carbocycles. The molecule has 3 rings (SSSR count). The Morgan fingerprint density at radius 3 is 2.36 bits per heavy atom. The molecule has 0 spiro atoms. The fraction of sp³-hybridized carbons (Fsp3) is 0.0476. The van der Waals surface area contributed by atoms with Gasteiger partial charge in [-0.2, -0.15) is 0 Å². The lowest BCUT2D eigenvalue weighted by molar-refractivity contribution is -0.104. The van der Waals surface area contributed by atoms with E-state index < -0.39 is 0 Å². The number of allylic oxidation sites excluding steroid dienone is 3. The van der Waals surface area contributed by atoms with Crippen molar-refractivity contribution in [3.63, 3.8) is 0 Å². The molecule has 0 amide bonds. The van der Waals surface area contributed by atoms with Crippen molar-refractivity contribution in [2.75, 3.05) is 0 Å². The molecule has 0 aliphatic carbocycles. The van der Waals surface area contributed by atoms with Crippen LogP contribution in [0.1, 0.15) is 22.6 Å². The zero-order chi connectivity index (χ0) is 17.5. The summed E-state index contributed by atoms with van der Waals surface area (Å²) in [4.78, 5) is 14.6. The normalized spacial score (nSPS) is 11.9. The zero-order valence-corrected chi connectivity index (χ0v) is 13.8. The molecule has 2 heterocycles. The minimum atomic E-state index is 0.478. The first kappa shape index (κ1) is 16.5. The molecule has 3 aromatic rings. The van der Waals surface area contributed by atoms with E-state index in [9.17, 15) is 4.79 Å². The van der Waals surface area contributed by atoms with Crippen molar-refractivity contribution in [2.45, 2.75) is 6.92 Å². The third-order valence-corrected chi connectivity index (χ3v) is 3.52. The van der Waals surface area contributed by atoms with Crippen LogP contribution in [0.2, 0.25) is 0 Å². The van der Waals surface area contributed by atoms with E-state index in [-0.39, 0.29) is 0 Å². The molecule has 0 bridgehead atoms. The maximum Gasteiger partial charge on any atom is 0.263 e. The third-order valence-electron chi connectivity index (χ3n) is 3.52. The van der Waals surface area contributed by atoms with Gasteiger partial charge in [-0.3, -0.25) is 4.79 Å². The third kappa shape index (κ3) is 4.32. The second-order valence-electron chi connectivity index (χ2n) is 5.32. The molecule has 0 fully saturated rings. The Bertz CT molecular complexity index is 911. The summed E-state index contributed by atoms with van der Waals surface area (Å²) in [7, 11) is 0. The maximum atomic E-state index is 10.2. The average Bonchev–Trinajstić information content (AvgIpc) is 3.28. The average molecular weight is 331 g/mol. The van der Waals surface area contributed by atoms with Gasteiger partial charge in [-0.15, -0.1) is 0 Å². The van der Waals surface area contributed by atoms with E-state index in [0.717, 1.165) is 28.9 Å². The van der Waals surface area contributed by atoms with Crippen molar-refractivity contribution in [3.8, 4) is 11.7 Å². The molecule has 0 aliphatic rings. The summed E-state index contributed by atoms with van der Waals surface area (Å²) >= 11 is 0. The van der Waals surface area contributed by atoms with Crippen LogP contribution in [0.4, 0.5) is 0 Å². The highest BCUT2D eigenvalue weighted by molar-refractivity contribution is 5.70. The number of aldehydes is 1. The molecule has 0 saturated heterocycles. The Morgan fingerprint density at radius 2 is 1.68 bits per heavy atom. The summed E-state index contributed by atoms with van der Waals surface area (Å²) in [5.41, 5.74) is 2.89. The highest BCUT2D eigenvalue weighted by Crippen LogP contribution is 2.23. The number of oxazole rings is 1. The first-order chi connectivity index (χ1) is 12.3. The molecule has 4 nitrogen and oxygen atoms in total. The summed E-state index contributed by atoms with van der Waals surface area (Å²) < 4.78 is 10.9. The Kier molecular flexibility index (Phi) is 5.22. The van der Waals surface area contributed by atoms with Gasteiger partial charge in [0.25, 0.3) is 5.89 Å². The largest absolute Gasteiger partial charge is 0.459 e. The second kappa shape index (κ2) is 7.93. The van der Waals surface area contributed by atoms with Gasteiger partial charge in [0.2, 0.25) is 0 Å². The molecule has 124 valence electrons. The van der Waals surface area contributed by atoms with Crippen molar-refractivity contribution >= 4 is 24.5 Å². The Morgan fingerprint density at radius 1 is 0.920 bits per heavy atom. The fourth-order valence-corrected chi connectivity index (χ4v) is 2.24. The van der Waals surface area contributed by atoms with E-state index in [2.05, 4.69) is 4.98 Å². The smallest absolute Gasteiger partial charge is 0.263 e. The lowest BCUT2D eigenvalue weighted by atomic mass is 10.1. The van der Waals surface area contributed by atoms with Gasteiger partial charge < -0.3 is 8.83 Å². The summed E-state index contributed by atoms with van der Waals surface area (Å²) in [6, 6.07) is 11.7. The van der Waals surface area contributed by atoms with Crippen LogP contribution in [-0.2, 0) is 4.79 Å². The lowest BCUT2D eigenvalue weighted by Gasteiger charge is -1.95. The summed E-state index contributed by atoms with van der Waals surface area (Å²) in [5, 5.41) is 0. The lowest BCUT2D eigenvalue weighted by Crippen LogP contribution is -1.78. The zero-order valence-electron chi connectivity index (χ0n) is 13.8. The van der Waals surface area contributed by atoms with Gasteiger partial charge in [0.1, 0.15) is 17.7 Å². The van der Waals surface area contributed by atoms with Crippen molar-refractivity contribution in [1.29, 1.82) is 0 Å². The number of rotatable bonds is 6. The molecule has 4 heteroatoms. The molecular formula is C21H17NO3. The van der Waals surface area contributed by atoms with E-state index in [4.69, 9.17) is 8.83 Å². The van der Waals surface area contributed by atoms with Gasteiger partial charge in [0, 0.05) is 0 Å². The molecule has 1 aromatic carbocycles. The van der Waals surface area contributed by atoms with E-state index >= 15 is 0 Å². The van der Waals surface area contributed by atoms with Crippen LogP contribution in [0, 0.1) is 6.92 Å². The molecule has 0 atom stereocenters. The molecule has 2 aromatic heterocycles. The monoisotopic (exact) mass is 331 g/mol. The topological polar surface area (TPSA) is 56.2 Å². The predicted octanol–water partition coefficient (Wildman–Crippen LogP) is 5.18. The predicted molar refractivity (Wildman–Crippen MR) is 98.6 cm³/mol. The van der Waals surface area contributed by atoms with Crippen LogP contribution in [0.25, 0.3) is 29.9 Å². The molecule has 25 heavy (non-hydrogen) atoms. The van der Waals surface area contributed by atoms with Crippen molar-refractivity contribution in [3.05, 3.63) is 83.5 Å². The van der Waals surface area contributed by atoms with Gasteiger partial charge in [-0.25, -0.2) is 4.98 Å². The van der Waals surface area contributed by atoms with E-state index in [0.29, 0.717) is 11.7 Å². The van der Waals surface area contributed by atoms with Crippen molar-refractivity contribution < 1.29 is 13.6 Å². The number of carbonyl (C=O) groups excluding carboxylic acids is 1. The summed E-state index contributed by atoms with van der Waals surface area (Å²) in [6.07, 6.45) is 13.2. The maximum absolute atomic E-state index is 10.2. The number of aromatic nitrogens is 1. The standard InChI is InChI=1S/C21H17NO3/c1-16-19(22-21(25-16)20-7-5-15-24-20)13-12-18-10-8-17(9-11-18)6-3-2-4-14-23/h2-15H,1H3/b4-2+,6-3+,13-12+. The number of hydrogen-bond acceptors (Lipinski definition) is 4. The van der Waals surface area contributed by atoms with Gasteiger partial charge in [0.15, 0.2) is 5.76 Å². The number of furan rings is 1. The number of carbonyl (C=O) groups is 1. The van der Waals surface area contributed by atoms with Gasteiger partial charge in [-0.1, -0.05) is 48.6 Å². The molecule has 0 radical (unpaired) electrons. The van der Waals surface area contributed by atoms with E-state index in [1.807, 2.05) is 61.6 Å². The van der Waals surface area contributed by atoms with Gasteiger partial charge in [-0.05, 0) is 42.3 Å². The minimum Gasteiger partial charge on any atom is -0.459 e. The Balaban J connectivity index is 1.71. The first-order valence-electron chi connectivity index (χ1n) is 7.84. The van der Waals surface area contributed by atoms with Crippen LogP contribution in [0.5, 0.6) is 0 Å². The summed E-state index contributed by atoms with van der Waals surface area (Å²) in [6.45, 7) is 1.87. The number of aryl methyl sites for hydroxylation is 1. The van der Waals surface area contributed by atoms with Crippen LogP contribution in [0.3, 0.4) is 0 Å². The molecule has 0 unspecified atom stereocenters. The highest BCUT2D eigenvalue weighted by atomic mass is 16.4. The van der Waals surface area contributed by atoms with Crippen LogP contribution in [0.15, 0.2) is 69.7 Å². The van der Waals surface area contributed by atoms with E-state index in [1.54, 1.807) is 18.4 Å². The SMILES string of the molecule is Cc1oc(-c2ccco2)nc1/C=C/c1ccc(/C=C/C=C/C=O)cc1. The van der Waals surface area contributed by atoms with Gasteiger partial charge >= 0.3 is 0 Å². The quantitative estimate of drug-likeness (QED) is 0.355. The number of nitrogens with zero attached hydrogens (tertiary/aromatic N) is 1. The molecular weight excluding hydrogens is 314 g/mol. The van der Waals surface area contributed by atoms with E-state index in [1.165, 1.54) is 6.08 Å². The minimum absolute atomic E-state index is 0.478.